The van der Waals surface area contributed by atoms with Crippen molar-refractivity contribution in [1.82, 2.24) is 10.2 Å². The Hall–Kier alpha value is -1.85. The number of methoxy groups -OCH3 is 1. The summed E-state index contributed by atoms with van der Waals surface area (Å²) in [5.41, 5.74) is 1.07. The molecule has 0 saturated carbocycles. The Morgan fingerprint density at radius 2 is 2.35 bits per heavy atom. The molecule has 1 aromatic carbocycles. The van der Waals surface area contributed by atoms with Gasteiger partial charge in [0.2, 0.25) is 5.91 Å². The van der Waals surface area contributed by atoms with Crippen molar-refractivity contribution in [2.75, 3.05) is 33.4 Å². The summed E-state index contributed by atoms with van der Waals surface area (Å²) in [7, 11) is 1.67. The van der Waals surface area contributed by atoms with E-state index in [1.54, 1.807) is 13.2 Å². The van der Waals surface area contributed by atoms with Crippen LogP contribution in [0.3, 0.4) is 0 Å². The molecule has 1 aromatic rings. The first-order chi connectivity index (χ1) is 11.2. The quantitative estimate of drug-likeness (QED) is 0.707. The summed E-state index contributed by atoms with van der Waals surface area (Å²) in [5, 5.41) is 2.83. The minimum absolute atomic E-state index is 0.00204. The standard InChI is InChI=1S/C18H26N2O3/c1-3-10-19-18(21)14-20(13-16-8-6-11-23-16)12-15-7-4-5-9-17(15)22-2/h3-5,7,9,16H,1,6,8,10-14H2,2H3,(H,19,21). The Morgan fingerprint density at radius 3 is 3.04 bits per heavy atom. The van der Waals surface area contributed by atoms with Gasteiger partial charge in [0.25, 0.3) is 0 Å². The number of nitrogens with zero attached hydrogens (tertiary/aromatic N) is 1. The van der Waals surface area contributed by atoms with Crippen molar-refractivity contribution < 1.29 is 14.3 Å². The fourth-order valence-electron chi connectivity index (χ4n) is 2.78. The van der Waals surface area contributed by atoms with Crippen LogP contribution in [-0.2, 0) is 16.1 Å². The van der Waals surface area contributed by atoms with Crippen LogP contribution in [0.25, 0.3) is 0 Å². The maximum Gasteiger partial charge on any atom is 0.234 e. The molecule has 1 unspecified atom stereocenters. The molecule has 1 amide bonds. The number of rotatable bonds is 9. The molecule has 0 aliphatic carbocycles. The number of carbonyl (C=O) groups excluding carboxylic acids is 1. The van der Waals surface area contributed by atoms with E-state index in [1.165, 1.54) is 0 Å². The molecular weight excluding hydrogens is 292 g/mol. The van der Waals surface area contributed by atoms with Crippen molar-refractivity contribution in [3.05, 3.63) is 42.5 Å². The molecule has 1 N–H and O–H groups in total. The Balaban J connectivity index is 2.02. The zero-order valence-corrected chi connectivity index (χ0v) is 13.8. The van der Waals surface area contributed by atoms with Gasteiger partial charge in [-0.15, -0.1) is 6.58 Å². The first kappa shape index (κ1) is 17.5. The molecule has 1 heterocycles. The second-order valence-corrected chi connectivity index (χ2v) is 5.71. The molecule has 1 fully saturated rings. The van der Waals surface area contributed by atoms with Gasteiger partial charge in [0, 0.05) is 31.8 Å². The molecule has 0 spiro atoms. The van der Waals surface area contributed by atoms with Crippen LogP contribution >= 0.6 is 0 Å². The topological polar surface area (TPSA) is 50.8 Å². The second-order valence-electron chi connectivity index (χ2n) is 5.71. The molecule has 0 aromatic heterocycles. The molecule has 5 heteroatoms. The molecule has 2 rings (SSSR count). The zero-order valence-electron chi connectivity index (χ0n) is 13.8. The summed E-state index contributed by atoms with van der Waals surface area (Å²) >= 11 is 0. The van der Waals surface area contributed by atoms with E-state index in [4.69, 9.17) is 9.47 Å². The zero-order chi connectivity index (χ0) is 16.5. The molecule has 0 radical (unpaired) electrons. The van der Waals surface area contributed by atoms with Gasteiger partial charge in [-0.05, 0) is 18.9 Å². The number of hydrogen-bond acceptors (Lipinski definition) is 4. The molecule has 1 atom stereocenters. The van der Waals surface area contributed by atoms with Gasteiger partial charge < -0.3 is 14.8 Å². The van der Waals surface area contributed by atoms with Gasteiger partial charge >= 0.3 is 0 Å². The van der Waals surface area contributed by atoms with Crippen LogP contribution in [0, 0.1) is 0 Å². The van der Waals surface area contributed by atoms with E-state index in [9.17, 15) is 4.79 Å². The summed E-state index contributed by atoms with van der Waals surface area (Å²) in [5.74, 6) is 0.842. The van der Waals surface area contributed by atoms with Gasteiger partial charge in [-0.2, -0.15) is 0 Å². The number of para-hydroxylation sites is 1. The van der Waals surface area contributed by atoms with Crippen molar-refractivity contribution in [2.45, 2.75) is 25.5 Å². The fourth-order valence-corrected chi connectivity index (χ4v) is 2.78. The molecule has 5 nitrogen and oxygen atoms in total. The van der Waals surface area contributed by atoms with Gasteiger partial charge in [-0.25, -0.2) is 0 Å². The van der Waals surface area contributed by atoms with Crippen LogP contribution in [0.4, 0.5) is 0 Å². The Morgan fingerprint density at radius 1 is 1.52 bits per heavy atom. The number of benzene rings is 1. The normalized spacial score (nSPS) is 17.2. The number of carbonyl (C=O) groups is 1. The maximum absolute atomic E-state index is 12.1. The lowest BCUT2D eigenvalue weighted by atomic mass is 10.1. The van der Waals surface area contributed by atoms with E-state index in [0.717, 1.165) is 37.3 Å². The molecule has 23 heavy (non-hydrogen) atoms. The van der Waals surface area contributed by atoms with Crippen LogP contribution in [0.15, 0.2) is 36.9 Å². The van der Waals surface area contributed by atoms with Crippen LogP contribution in [0.5, 0.6) is 5.75 Å². The smallest absolute Gasteiger partial charge is 0.234 e. The number of amides is 1. The highest BCUT2D eigenvalue weighted by Crippen LogP contribution is 2.21. The van der Waals surface area contributed by atoms with Crippen LogP contribution in [0.1, 0.15) is 18.4 Å². The Kier molecular flexibility index (Phi) is 7.10. The van der Waals surface area contributed by atoms with Crippen molar-refractivity contribution in [2.24, 2.45) is 0 Å². The van der Waals surface area contributed by atoms with Gasteiger partial charge in [0.1, 0.15) is 5.75 Å². The van der Waals surface area contributed by atoms with E-state index in [-0.39, 0.29) is 12.0 Å². The Labute approximate surface area is 138 Å². The van der Waals surface area contributed by atoms with Crippen molar-refractivity contribution in [1.29, 1.82) is 0 Å². The van der Waals surface area contributed by atoms with E-state index in [1.807, 2.05) is 24.3 Å². The first-order valence-electron chi connectivity index (χ1n) is 8.06. The van der Waals surface area contributed by atoms with Gasteiger partial charge in [0.05, 0.1) is 19.8 Å². The molecule has 1 aliphatic rings. The highest BCUT2D eigenvalue weighted by molar-refractivity contribution is 5.78. The first-order valence-corrected chi connectivity index (χ1v) is 8.06. The average Bonchev–Trinajstić information content (AvgIpc) is 3.06. The second kappa shape index (κ2) is 9.33. The van der Waals surface area contributed by atoms with Crippen molar-refractivity contribution in [3.63, 3.8) is 0 Å². The van der Waals surface area contributed by atoms with Crippen LogP contribution < -0.4 is 10.1 Å². The summed E-state index contributed by atoms with van der Waals surface area (Å²) in [6.07, 6.45) is 4.03. The van der Waals surface area contributed by atoms with Crippen LogP contribution in [0.2, 0.25) is 0 Å². The van der Waals surface area contributed by atoms with E-state index >= 15 is 0 Å². The summed E-state index contributed by atoms with van der Waals surface area (Å²) < 4.78 is 11.1. The predicted molar refractivity (Wildman–Crippen MR) is 90.5 cm³/mol. The third-order valence-corrected chi connectivity index (χ3v) is 3.88. The highest BCUT2D eigenvalue weighted by Gasteiger charge is 2.21. The van der Waals surface area contributed by atoms with E-state index in [0.29, 0.717) is 19.6 Å². The minimum Gasteiger partial charge on any atom is -0.496 e. The SMILES string of the molecule is C=CCNC(=O)CN(Cc1ccccc1OC)CC1CCCO1. The maximum atomic E-state index is 12.1. The van der Waals surface area contributed by atoms with Gasteiger partial charge in [-0.1, -0.05) is 24.3 Å². The van der Waals surface area contributed by atoms with Gasteiger partial charge in [-0.3, -0.25) is 9.69 Å². The minimum atomic E-state index is -0.00204. The summed E-state index contributed by atoms with van der Waals surface area (Å²) in [4.78, 5) is 14.2. The molecule has 1 aliphatic heterocycles. The van der Waals surface area contributed by atoms with E-state index < -0.39 is 0 Å². The van der Waals surface area contributed by atoms with Crippen molar-refractivity contribution in [3.8, 4) is 5.75 Å². The summed E-state index contributed by atoms with van der Waals surface area (Å²) in [6.45, 7) is 6.67. The highest BCUT2D eigenvalue weighted by atomic mass is 16.5. The molecule has 126 valence electrons. The third-order valence-electron chi connectivity index (χ3n) is 3.88. The molecule has 0 bridgehead atoms. The fraction of sp³-hybridized carbons (Fsp3) is 0.500. The van der Waals surface area contributed by atoms with Crippen LogP contribution in [-0.4, -0.2) is 50.3 Å². The van der Waals surface area contributed by atoms with Gasteiger partial charge in [0.15, 0.2) is 0 Å². The lowest BCUT2D eigenvalue weighted by molar-refractivity contribution is -0.122. The summed E-state index contributed by atoms with van der Waals surface area (Å²) in [6, 6.07) is 7.91. The average molecular weight is 318 g/mol. The van der Waals surface area contributed by atoms with E-state index in [2.05, 4.69) is 16.8 Å². The lowest BCUT2D eigenvalue weighted by Crippen LogP contribution is -2.40. The monoisotopic (exact) mass is 318 g/mol. The number of hydrogen-bond donors (Lipinski definition) is 1. The predicted octanol–water partition coefficient (Wildman–Crippen LogP) is 1.98. The Bertz CT molecular complexity index is 513. The largest absolute Gasteiger partial charge is 0.496 e. The number of nitrogens with one attached hydrogen (secondary N) is 1. The van der Waals surface area contributed by atoms with Crippen molar-refractivity contribution >= 4 is 5.91 Å². The lowest BCUT2D eigenvalue weighted by Gasteiger charge is -2.25. The number of ether oxygens (including phenoxy) is 2. The third kappa shape index (κ3) is 5.69. The molecule has 1 saturated heterocycles. The molecular formula is C18H26N2O3.